The molecule has 1 aromatic carbocycles. The predicted octanol–water partition coefficient (Wildman–Crippen LogP) is 7.61. The summed E-state index contributed by atoms with van der Waals surface area (Å²) in [5, 5.41) is 3.03. The van der Waals surface area contributed by atoms with Crippen molar-refractivity contribution in [3.8, 4) is 5.75 Å². The van der Waals surface area contributed by atoms with Crippen molar-refractivity contribution < 1.29 is 4.74 Å². The van der Waals surface area contributed by atoms with Crippen LogP contribution in [0, 0.1) is 16.7 Å². The second-order valence-electron chi connectivity index (χ2n) is 11.5. The van der Waals surface area contributed by atoms with E-state index < -0.39 is 0 Å². The third kappa shape index (κ3) is 8.25. The van der Waals surface area contributed by atoms with Crippen molar-refractivity contribution in [2.24, 2.45) is 16.7 Å². The van der Waals surface area contributed by atoms with Crippen molar-refractivity contribution >= 4 is 14.7 Å². The van der Waals surface area contributed by atoms with Crippen LogP contribution in [-0.2, 0) is 0 Å². The standard InChI is InChI=1S/C28H50OSi/c1-11-13-14-15-20-28(10,22(3)21-26(5,6)7)27(8,9)29-24-16-18-25(19-17-24)30-23(4)12-2/h12,16-19,22H,11,13-15,20-21,30H2,1-10H3. The Morgan fingerprint density at radius 2 is 1.60 bits per heavy atom. The van der Waals surface area contributed by atoms with Gasteiger partial charge in [-0.15, -0.1) is 0 Å². The zero-order valence-corrected chi connectivity index (χ0v) is 23.2. The smallest absolute Gasteiger partial charge is 0.120 e. The molecule has 2 heteroatoms. The Bertz CT molecular complexity index is 650. The second-order valence-corrected chi connectivity index (χ2v) is 13.7. The minimum Gasteiger partial charge on any atom is -0.487 e. The lowest BCUT2D eigenvalue weighted by molar-refractivity contribution is -0.0710. The minimum atomic E-state index is -0.316. The summed E-state index contributed by atoms with van der Waals surface area (Å²) in [5.74, 6) is 1.61. The number of rotatable bonds is 12. The summed E-state index contributed by atoms with van der Waals surface area (Å²) in [4.78, 5) is 0. The minimum absolute atomic E-state index is 0.128. The molecule has 1 aromatic rings. The van der Waals surface area contributed by atoms with Gasteiger partial charge in [0.1, 0.15) is 11.4 Å². The van der Waals surface area contributed by atoms with E-state index in [1.54, 1.807) is 5.20 Å². The van der Waals surface area contributed by atoms with Crippen LogP contribution in [0.3, 0.4) is 0 Å². The third-order valence-electron chi connectivity index (χ3n) is 7.20. The van der Waals surface area contributed by atoms with Gasteiger partial charge in [0, 0.05) is 5.41 Å². The summed E-state index contributed by atoms with van der Waals surface area (Å²) < 4.78 is 6.75. The average Bonchev–Trinajstić information content (AvgIpc) is 2.64. The lowest BCUT2D eigenvalue weighted by Crippen LogP contribution is -2.50. The van der Waals surface area contributed by atoms with Gasteiger partial charge < -0.3 is 4.74 Å². The topological polar surface area (TPSA) is 9.23 Å². The zero-order chi connectivity index (χ0) is 23.0. The van der Waals surface area contributed by atoms with E-state index >= 15 is 0 Å². The van der Waals surface area contributed by atoms with Crippen LogP contribution in [0.1, 0.15) is 108 Å². The Balaban J connectivity index is 3.04. The molecule has 0 aliphatic heterocycles. The highest BCUT2D eigenvalue weighted by molar-refractivity contribution is 6.60. The molecule has 0 N–H and O–H groups in total. The molecule has 0 fully saturated rings. The number of hydrogen-bond acceptors (Lipinski definition) is 1. The monoisotopic (exact) mass is 430 g/mol. The quantitative estimate of drug-likeness (QED) is 0.245. The second kappa shape index (κ2) is 11.6. The molecule has 2 unspecified atom stereocenters. The Morgan fingerprint density at radius 3 is 2.10 bits per heavy atom. The number of unbranched alkanes of at least 4 members (excludes halogenated alkanes) is 3. The average molecular weight is 431 g/mol. The molecular weight excluding hydrogens is 380 g/mol. The highest BCUT2D eigenvalue weighted by Crippen LogP contribution is 2.49. The molecule has 0 saturated carbocycles. The van der Waals surface area contributed by atoms with Gasteiger partial charge in [0.25, 0.3) is 0 Å². The first kappa shape index (κ1) is 27.0. The van der Waals surface area contributed by atoms with E-state index in [-0.39, 0.29) is 20.5 Å². The fourth-order valence-corrected chi connectivity index (χ4v) is 6.03. The number of benzene rings is 1. The van der Waals surface area contributed by atoms with E-state index in [2.05, 4.69) is 99.6 Å². The summed E-state index contributed by atoms with van der Waals surface area (Å²) in [6.45, 7) is 23.3. The molecule has 1 rings (SSSR count). The fourth-order valence-electron chi connectivity index (χ4n) is 4.71. The first-order chi connectivity index (χ1) is 13.8. The Morgan fingerprint density at radius 1 is 1.00 bits per heavy atom. The van der Waals surface area contributed by atoms with Gasteiger partial charge >= 0.3 is 0 Å². The first-order valence-corrected chi connectivity index (χ1v) is 13.7. The van der Waals surface area contributed by atoms with E-state index in [9.17, 15) is 0 Å². The SMILES string of the molecule is CC=C(C)[SiH2]c1ccc(OC(C)(C)C(C)(CCCCCC)C(C)CC(C)(C)C)cc1. The predicted molar refractivity (Wildman–Crippen MR) is 139 cm³/mol. The van der Waals surface area contributed by atoms with Crippen molar-refractivity contribution in [2.75, 3.05) is 0 Å². The van der Waals surface area contributed by atoms with Gasteiger partial charge in [-0.25, -0.2) is 0 Å². The van der Waals surface area contributed by atoms with Crippen LogP contribution in [-0.4, -0.2) is 15.1 Å². The Hall–Kier alpha value is -1.02. The summed E-state index contributed by atoms with van der Waals surface area (Å²) in [6, 6.07) is 8.95. The van der Waals surface area contributed by atoms with Crippen LogP contribution >= 0.6 is 0 Å². The van der Waals surface area contributed by atoms with Gasteiger partial charge in [-0.2, -0.15) is 0 Å². The highest BCUT2D eigenvalue weighted by Gasteiger charge is 2.47. The number of allylic oxidation sites excluding steroid dienone is 2. The highest BCUT2D eigenvalue weighted by atomic mass is 28.2. The molecule has 0 spiro atoms. The number of hydrogen-bond donors (Lipinski definition) is 0. The normalized spacial score (nSPS) is 16.7. The van der Waals surface area contributed by atoms with E-state index in [0.29, 0.717) is 11.3 Å². The van der Waals surface area contributed by atoms with Crippen LogP contribution in [0.2, 0.25) is 0 Å². The molecule has 0 heterocycles. The van der Waals surface area contributed by atoms with Crippen LogP contribution < -0.4 is 9.92 Å². The molecule has 0 saturated heterocycles. The molecule has 2 atom stereocenters. The molecule has 0 amide bonds. The maximum Gasteiger partial charge on any atom is 0.120 e. The summed E-state index contributed by atoms with van der Waals surface area (Å²) in [6.07, 6.45) is 9.94. The largest absolute Gasteiger partial charge is 0.487 e. The lowest BCUT2D eigenvalue weighted by Gasteiger charge is -2.49. The van der Waals surface area contributed by atoms with Gasteiger partial charge in [-0.3, -0.25) is 0 Å². The van der Waals surface area contributed by atoms with Crippen molar-refractivity contribution in [3.63, 3.8) is 0 Å². The van der Waals surface area contributed by atoms with Crippen LogP contribution in [0.5, 0.6) is 5.75 Å². The summed E-state index contributed by atoms with van der Waals surface area (Å²) >= 11 is 0. The third-order valence-corrected chi connectivity index (χ3v) is 9.05. The molecular formula is C28H50OSi. The summed E-state index contributed by atoms with van der Waals surface area (Å²) in [7, 11) is -0.316. The van der Waals surface area contributed by atoms with E-state index in [0.717, 1.165) is 5.75 Å². The van der Waals surface area contributed by atoms with Crippen LogP contribution in [0.15, 0.2) is 35.5 Å². The van der Waals surface area contributed by atoms with Crippen molar-refractivity contribution in [1.29, 1.82) is 0 Å². The van der Waals surface area contributed by atoms with E-state index in [4.69, 9.17) is 4.74 Å². The van der Waals surface area contributed by atoms with Gasteiger partial charge in [0.15, 0.2) is 0 Å². The van der Waals surface area contributed by atoms with Crippen LogP contribution in [0.4, 0.5) is 0 Å². The number of ether oxygens (including phenoxy) is 1. The molecule has 172 valence electrons. The molecule has 1 nitrogen and oxygen atoms in total. The first-order valence-electron chi connectivity index (χ1n) is 12.2. The Kier molecular flexibility index (Phi) is 10.4. The van der Waals surface area contributed by atoms with Gasteiger partial charge in [-0.1, -0.05) is 95.8 Å². The molecule has 0 aromatic heterocycles. The van der Waals surface area contributed by atoms with Crippen LogP contribution in [0.25, 0.3) is 0 Å². The molecule has 30 heavy (non-hydrogen) atoms. The molecule has 0 aliphatic rings. The van der Waals surface area contributed by atoms with Gasteiger partial charge in [-0.05, 0) is 64.0 Å². The summed E-state index contributed by atoms with van der Waals surface area (Å²) in [5.41, 5.74) is 0.238. The van der Waals surface area contributed by atoms with Crippen molar-refractivity contribution in [3.05, 3.63) is 35.5 Å². The lowest BCUT2D eigenvalue weighted by atomic mass is 9.61. The van der Waals surface area contributed by atoms with E-state index in [1.807, 2.05) is 0 Å². The van der Waals surface area contributed by atoms with Gasteiger partial charge in [0.05, 0.1) is 9.52 Å². The van der Waals surface area contributed by atoms with Gasteiger partial charge in [0.2, 0.25) is 0 Å². The van der Waals surface area contributed by atoms with E-state index in [1.165, 1.54) is 43.7 Å². The van der Waals surface area contributed by atoms with Crippen molar-refractivity contribution in [2.45, 2.75) is 113 Å². The fraction of sp³-hybridized carbons (Fsp3) is 0.714. The maximum absolute atomic E-state index is 6.75. The molecule has 0 aliphatic carbocycles. The molecule has 0 bridgehead atoms. The maximum atomic E-state index is 6.75. The molecule has 0 radical (unpaired) electrons. The van der Waals surface area contributed by atoms with Crippen molar-refractivity contribution in [1.82, 2.24) is 0 Å². The Labute approximate surface area is 190 Å². The zero-order valence-electron chi connectivity index (χ0n) is 21.8.